The molecule has 2 heterocycles. The topological polar surface area (TPSA) is 182 Å². The van der Waals surface area contributed by atoms with E-state index in [0.717, 1.165) is 0 Å². The van der Waals surface area contributed by atoms with Crippen LogP contribution in [0.4, 0.5) is 0 Å². The second-order valence-corrected chi connectivity index (χ2v) is 11.8. The molecule has 2 aliphatic rings. The molecule has 4 unspecified atom stereocenters. The summed E-state index contributed by atoms with van der Waals surface area (Å²) in [5.74, 6) is -0.561. The highest BCUT2D eigenvalue weighted by atomic mass is 32.2. The van der Waals surface area contributed by atoms with Crippen LogP contribution >= 0.6 is 12.3 Å². The zero-order valence-electron chi connectivity index (χ0n) is 22.2. The molecule has 0 radical (unpaired) electrons. The van der Waals surface area contributed by atoms with Crippen molar-refractivity contribution in [3.05, 3.63) is 0 Å². The molecular formula is C21H41O15S2+. The quantitative estimate of drug-likeness (QED) is 0.0362. The van der Waals surface area contributed by atoms with E-state index in [2.05, 4.69) is 9.37 Å². The van der Waals surface area contributed by atoms with Gasteiger partial charge in [0.05, 0.1) is 13.2 Å². The number of rotatable bonds is 19. The van der Waals surface area contributed by atoms with E-state index in [9.17, 15) is 15.3 Å². The Bertz CT molecular complexity index is 635. The normalized spacial score (nSPS) is 32.9. The van der Waals surface area contributed by atoms with Crippen molar-refractivity contribution in [2.75, 3.05) is 66.4 Å². The molecule has 0 aliphatic carbocycles. The summed E-state index contributed by atoms with van der Waals surface area (Å²) in [6.45, 7) is 2.95. The van der Waals surface area contributed by atoms with Gasteiger partial charge in [-0.15, -0.1) is 4.33 Å². The Kier molecular flexibility index (Phi) is 16.1. The minimum atomic E-state index is -1.14. The zero-order chi connectivity index (χ0) is 28.1. The highest BCUT2D eigenvalue weighted by Crippen LogP contribution is 2.37. The van der Waals surface area contributed by atoms with Crippen LogP contribution in [0.3, 0.4) is 0 Å². The van der Waals surface area contributed by atoms with Crippen LogP contribution in [0.5, 0.6) is 0 Å². The Hall–Kier alpha value is 0.1000. The molecule has 0 amide bonds. The molecule has 0 spiro atoms. The van der Waals surface area contributed by atoms with Crippen LogP contribution in [0.2, 0.25) is 0 Å². The Balaban J connectivity index is 2.40. The van der Waals surface area contributed by atoms with Gasteiger partial charge in [0.15, 0.2) is 23.4 Å². The Morgan fingerprint density at radius 1 is 1.03 bits per heavy atom. The van der Waals surface area contributed by atoms with Crippen LogP contribution in [-0.2, 0) is 62.3 Å². The summed E-state index contributed by atoms with van der Waals surface area (Å²) < 4.78 is 55.4. The standard InChI is InChI=1S/C21H40O15S2/c1-21(2)32-15(9-38-8-13(23)17(24)16(38)6-22)19(34-37-36-35-25)20(33-21)18(31-12-28-5)14(30-11-27-4)7-29-10-26-3/h13-20,22-24H,6-12H2,1-5H3/p+1/t13-,14?,15-,16-,17+,18?,19?,20+,38?/m1/s1. The van der Waals surface area contributed by atoms with Gasteiger partial charge in [-0.25, -0.2) is 5.26 Å². The average molecular weight is 598 g/mol. The molecular weight excluding hydrogens is 556 g/mol. The lowest BCUT2D eigenvalue weighted by molar-refractivity contribution is -0.435. The maximum absolute atomic E-state index is 10.3. The lowest BCUT2D eigenvalue weighted by Crippen LogP contribution is -2.63. The van der Waals surface area contributed by atoms with Gasteiger partial charge in [-0.1, -0.05) is 5.04 Å². The van der Waals surface area contributed by atoms with E-state index < -0.39 is 64.7 Å². The van der Waals surface area contributed by atoms with E-state index in [1.807, 2.05) is 0 Å². The zero-order valence-corrected chi connectivity index (χ0v) is 23.8. The van der Waals surface area contributed by atoms with Crippen molar-refractivity contribution >= 4 is 23.2 Å². The van der Waals surface area contributed by atoms with Crippen molar-refractivity contribution in [2.45, 2.75) is 67.6 Å². The SMILES string of the molecule is COCOCC(OCOC)C(OCOC)[C@@H]1OC(C)(C)O[C@H](C[S+]2C[C@@H](O)[C@H](O)[C@H]2CO)C1OSOOO. The molecule has 17 heteroatoms. The van der Waals surface area contributed by atoms with E-state index in [4.69, 9.17) is 47.3 Å². The third kappa shape index (κ3) is 10.2. The molecule has 0 aromatic rings. The van der Waals surface area contributed by atoms with E-state index >= 15 is 0 Å². The average Bonchev–Trinajstić information content (AvgIpc) is 3.14. The molecule has 9 atom stereocenters. The molecule has 15 nitrogen and oxygen atoms in total. The Labute approximate surface area is 229 Å². The third-order valence-electron chi connectivity index (χ3n) is 5.85. The van der Waals surface area contributed by atoms with Crippen molar-refractivity contribution in [3.8, 4) is 0 Å². The van der Waals surface area contributed by atoms with Gasteiger partial charge in [-0.05, 0) is 13.8 Å². The van der Waals surface area contributed by atoms with Crippen molar-refractivity contribution in [1.29, 1.82) is 0 Å². The summed E-state index contributed by atoms with van der Waals surface area (Å²) in [6.07, 6.45) is -6.18. The maximum Gasteiger partial charge on any atom is 0.198 e. The predicted octanol–water partition coefficient (Wildman–Crippen LogP) is -0.811. The predicted molar refractivity (Wildman–Crippen MR) is 132 cm³/mol. The molecule has 0 saturated carbocycles. The Morgan fingerprint density at radius 2 is 1.71 bits per heavy atom. The largest absolute Gasteiger partial charge is 0.391 e. The second-order valence-electron chi connectivity index (χ2n) is 8.99. The summed E-state index contributed by atoms with van der Waals surface area (Å²) in [5, 5.41) is 42.2. The maximum atomic E-state index is 10.3. The monoisotopic (exact) mass is 597 g/mol. The minimum Gasteiger partial charge on any atom is -0.391 e. The first-order valence-corrected chi connectivity index (χ1v) is 14.1. The van der Waals surface area contributed by atoms with E-state index in [0.29, 0.717) is 18.1 Å². The lowest BCUT2D eigenvalue weighted by Gasteiger charge is -2.47. The molecule has 226 valence electrons. The van der Waals surface area contributed by atoms with Gasteiger partial charge >= 0.3 is 0 Å². The summed E-state index contributed by atoms with van der Waals surface area (Å²) in [6, 6.07) is 0. The lowest BCUT2D eigenvalue weighted by atomic mass is 9.97. The van der Waals surface area contributed by atoms with Gasteiger partial charge in [-0.2, -0.15) is 0 Å². The van der Waals surface area contributed by atoms with Crippen LogP contribution in [0.1, 0.15) is 13.8 Å². The number of aliphatic hydroxyl groups is 3. The molecule has 2 aliphatic heterocycles. The van der Waals surface area contributed by atoms with E-state index in [1.54, 1.807) is 13.8 Å². The van der Waals surface area contributed by atoms with Crippen LogP contribution in [-0.4, -0.2) is 141 Å². The molecule has 0 bridgehead atoms. The third-order valence-corrected chi connectivity index (χ3v) is 9.08. The fraction of sp³-hybridized carbons (Fsp3) is 1.00. The first kappa shape index (κ1) is 34.3. The first-order valence-electron chi connectivity index (χ1n) is 11.8. The van der Waals surface area contributed by atoms with Gasteiger partial charge in [0.2, 0.25) is 0 Å². The van der Waals surface area contributed by atoms with Crippen molar-refractivity contribution in [3.63, 3.8) is 0 Å². The van der Waals surface area contributed by atoms with Gasteiger partial charge in [0, 0.05) is 32.2 Å². The van der Waals surface area contributed by atoms with Gasteiger partial charge in [0.25, 0.3) is 0 Å². The van der Waals surface area contributed by atoms with E-state index in [-0.39, 0.29) is 39.3 Å². The highest BCUT2D eigenvalue weighted by Gasteiger charge is 2.56. The fourth-order valence-electron chi connectivity index (χ4n) is 4.34. The number of hydrogen-bond acceptors (Lipinski definition) is 16. The number of ether oxygens (including phenoxy) is 8. The Morgan fingerprint density at radius 3 is 2.34 bits per heavy atom. The summed E-state index contributed by atoms with van der Waals surface area (Å²) >= 11 is 0.344. The van der Waals surface area contributed by atoms with Crippen molar-refractivity contribution in [1.82, 2.24) is 0 Å². The summed E-state index contributed by atoms with van der Waals surface area (Å²) in [7, 11) is 3.78. The van der Waals surface area contributed by atoms with Crippen molar-refractivity contribution in [2.24, 2.45) is 0 Å². The smallest absolute Gasteiger partial charge is 0.198 e. The van der Waals surface area contributed by atoms with E-state index in [1.165, 1.54) is 21.3 Å². The van der Waals surface area contributed by atoms with Crippen LogP contribution in [0.25, 0.3) is 0 Å². The molecule has 0 aromatic carbocycles. The second kappa shape index (κ2) is 17.8. The number of methoxy groups -OCH3 is 3. The molecule has 4 N–H and O–H groups in total. The van der Waals surface area contributed by atoms with Crippen LogP contribution in [0, 0.1) is 0 Å². The first-order chi connectivity index (χ1) is 18.2. The molecule has 0 aromatic heterocycles. The van der Waals surface area contributed by atoms with Crippen molar-refractivity contribution < 1.29 is 72.0 Å². The fourth-order valence-corrected chi connectivity index (χ4v) is 7.46. The van der Waals surface area contributed by atoms with Gasteiger partial charge < -0.3 is 53.2 Å². The molecule has 2 fully saturated rings. The van der Waals surface area contributed by atoms with Gasteiger partial charge in [-0.3, -0.25) is 4.18 Å². The number of hydrogen-bond donors (Lipinski definition) is 4. The molecule has 38 heavy (non-hydrogen) atoms. The molecule has 2 saturated heterocycles. The summed E-state index contributed by atoms with van der Waals surface area (Å²) in [5.41, 5.74) is 0. The highest BCUT2D eigenvalue weighted by molar-refractivity contribution is 7.97. The van der Waals surface area contributed by atoms with Crippen LogP contribution < -0.4 is 0 Å². The number of aliphatic hydroxyl groups excluding tert-OH is 3. The van der Waals surface area contributed by atoms with Crippen LogP contribution in [0.15, 0.2) is 0 Å². The molecule has 2 rings (SSSR count). The summed E-state index contributed by atoms with van der Waals surface area (Å²) in [4.78, 5) is 0. The van der Waals surface area contributed by atoms with Gasteiger partial charge in [0.1, 0.15) is 74.6 Å². The minimum absolute atomic E-state index is 0.0000528.